The van der Waals surface area contributed by atoms with Crippen molar-refractivity contribution in [2.45, 2.75) is 57.9 Å². The number of nitrogens with one attached hydrogen (secondary N) is 2. The molecule has 1 heterocycles. The molecule has 1 fully saturated rings. The van der Waals surface area contributed by atoms with Crippen LogP contribution in [-0.4, -0.2) is 16.0 Å². The largest absolute Gasteiger partial charge is 0.367 e. The van der Waals surface area contributed by atoms with Crippen LogP contribution >= 0.6 is 0 Å². The second kappa shape index (κ2) is 5.34. The van der Waals surface area contributed by atoms with Crippen molar-refractivity contribution in [3.63, 3.8) is 0 Å². The summed E-state index contributed by atoms with van der Waals surface area (Å²) in [6.07, 6.45) is 5.62. The predicted molar refractivity (Wildman–Crippen MR) is 69.4 cm³/mol. The number of aromatic nitrogens is 2. The molecule has 94 valence electrons. The lowest BCUT2D eigenvalue weighted by molar-refractivity contribution is 0.619. The molecule has 1 atom stereocenters. The topological polar surface area (TPSA) is 57.8 Å². The van der Waals surface area contributed by atoms with Gasteiger partial charge in [-0.1, -0.05) is 20.3 Å². The van der Waals surface area contributed by atoms with E-state index in [1.54, 1.807) is 6.07 Å². The second-order valence-electron chi connectivity index (χ2n) is 4.83. The van der Waals surface area contributed by atoms with Crippen molar-refractivity contribution in [1.82, 2.24) is 9.97 Å². The second-order valence-corrected chi connectivity index (χ2v) is 4.83. The van der Waals surface area contributed by atoms with Gasteiger partial charge in [0.15, 0.2) is 0 Å². The van der Waals surface area contributed by atoms with E-state index in [0.717, 1.165) is 43.7 Å². The van der Waals surface area contributed by atoms with Crippen LogP contribution in [-0.2, 0) is 0 Å². The number of rotatable bonds is 6. The molecule has 1 aromatic heterocycles. The fourth-order valence-corrected chi connectivity index (χ4v) is 2.04. The van der Waals surface area contributed by atoms with Gasteiger partial charge in [-0.2, -0.15) is 0 Å². The van der Waals surface area contributed by atoms with E-state index in [1.807, 2.05) is 0 Å². The average molecular weight is 235 g/mol. The fraction of sp³-hybridized carbons (Fsp3) is 0.692. The van der Waals surface area contributed by atoms with Crippen LogP contribution in [0.5, 0.6) is 0 Å². The molecule has 2 N–H and O–H groups in total. The third kappa shape index (κ3) is 3.32. The molecule has 1 saturated carbocycles. The number of aromatic amines is 1. The summed E-state index contributed by atoms with van der Waals surface area (Å²) in [4.78, 5) is 18.9. The van der Waals surface area contributed by atoms with Gasteiger partial charge in [-0.3, -0.25) is 4.79 Å². The van der Waals surface area contributed by atoms with Crippen molar-refractivity contribution in [2.75, 3.05) is 5.32 Å². The van der Waals surface area contributed by atoms with Crippen LogP contribution in [0.1, 0.15) is 57.7 Å². The SMILES string of the molecule is CCCC(CC)Nc1cc(=O)[nH]c(C2CC2)n1. The Hall–Kier alpha value is -1.32. The van der Waals surface area contributed by atoms with Crippen LogP contribution in [0, 0.1) is 0 Å². The lowest BCUT2D eigenvalue weighted by Gasteiger charge is -2.16. The van der Waals surface area contributed by atoms with Gasteiger partial charge in [0.2, 0.25) is 0 Å². The zero-order valence-electron chi connectivity index (χ0n) is 10.6. The third-order valence-electron chi connectivity index (χ3n) is 3.21. The highest BCUT2D eigenvalue weighted by Crippen LogP contribution is 2.37. The molecule has 4 nitrogen and oxygen atoms in total. The monoisotopic (exact) mass is 235 g/mol. The van der Waals surface area contributed by atoms with E-state index in [9.17, 15) is 4.79 Å². The lowest BCUT2D eigenvalue weighted by atomic mass is 10.1. The van der Waals surface area contributed by atoms with E-state index >= 15 is 0 Å². The molecular weight excluding hydrogens is 214 g/mol. The Morgan fingerprint density at radius 3 is 2.88 bits per heavy atom. The van der Waals surface area contributed by atoms with E-state index in [0.29, 0.717) is 12.0 Å². The Morgan fingerprint density at radius 1 is 1.53 bits per heavy atom. The molecule has 1 aromatic rings. The number of nitrogens with zero attached hydrogens (tertiary/aromatic N) is 1. The molecule has 2 rings (SSSR count). The summed E-state index contributed by atoms with van der Waals surface area (Å²) >= 11 is 0. The van der Waals surface area contributed by atoms with Crippen molar-refractivity contribution in [1.29, 1.82) is 0 Å². The first-order chi connectivity index (χ1) is 8.22. The van der Waals surface area contributed by atoms with Gasteiger partial charge in [0.1, 0.15) is 11.6 Å². The quantitative estimate of drug-likeness (QED) is 0.797. The van der Waals surface area contributed by atoms with Gasteiger partial charge in [-0.05, 0) is 25.7 Å². The maximum absolute atomic E-state index is 11.5. The van der Waals surface area contributed by atoms with E-state index < -0.39 is 0 Å². The summed E-state index contributed by atoms with van der Waals surface area (Å²) in [7, 11) is 0. The van der Waals surface area contributed by atoms with E-state index in [1.165, 1.54) is 0 Å². The Kier molecular flexibility index (Phi) is 3.82. The number of H-pyrrole nitrogens is 1. The molecule has 0 amide bonds. The van der Waals surface area contributed by atoms with Gasteiger partial charge in [-0.25, -0.2) is 4.98 Å². The molecule has 4 heteroatoms. The van der Waals surface area contributed by atoms with Gasteiger partial charge in [0, 0.05) is 18.0 Å². The van der Waals surface area contributed by atoms with Crippen molar-refractivity contribution in [2.24, 2.45) is 0 Å². The number of hydrogen-bond donors (Lipinski definition) is 2. The van der Waals surface area contributed by atoms with Gasteiger partial charge >= 0.3 is 0 Å². The van der Waals surface area contributed by atoms with Gasteiger partial charge in [0.25, 0.3) is 5.56 Å². The average Bonchev–Trinajstić information content (AvgIpc) is 3.11. The zero-order valence-corrected chi connectivity index (χ0v) is 10.6. The summed E-state index contributed by atoms with van der Waals surface area (Å²) in [5.41, 5.74) is -0.0456. The molecular formula is C13H21N3O. The van der Waals surface area contributed by atoms with Crippen molar-refractivity contribution in [3.8, 4) is 0 Å². The van der Waals surface area contributed by atoms with Crippen LogP contribution in [0.4, 0.5) is 5.82 Å². The maximum atomic E-state index is 11.5. The van der Waals surface area contributed by atoms with E-state index in [-0.39, 0.29) is 5.56 Å². The summed E-state index contributed by atoms with van der Waals surface area (Å²) < 4.78 is 0. The standard InChI is InChI=1S/C13H21N3O/c1-3-5-10(4-2)14-11-8-12(17)16-13(15-11)9-6-7-9/h8-10H,3-7H2,1-2H3,(H2,14,15,16,17). The first kappa shape index (κ1) is 12.1. The van der Waals surface area contributed by atoms with E-state index in [4.69, 9.17) is 0 Å². The first-order valence-electron chi connectivity index (χ1n) is 6.60. The molecule has 0 spiro atoms. The highest BCUT2D eigenvalue weighted by Gasteiger charge is 2.26. The van der Waals surface area contributed by atoms with Crippen LogP contribution in [0.25, 0.3) is 0 Å². The smallest absolute Gasteiger partial charge is 0.252 e. The Balaban J connectivity index is 2.11. The minimum Gasteiger partial charge on any atom is -0.367 e. The van der Waals surface area contributed by atoms with Crippen LogP contribution in [0.3, 0.4) is 0 Å². The Bertz CT molecular complexity index is 423. The highest BCUT2D eigenvalue weighted by atomic mass is 16.1. The molecule has 0 radical (unpaired) electrons. The minimum absolute atomic E-state index is 0.0456. The van der Waals surface area contributed by atoms with Crippen molar-refractivity contribution < 1.29 is 0 Å². The van der Waals surface area contributed by atoms with Crippen LogP contribution in [0.2, 0.25) is 0 Å². The molecule has 0 aliphatic heterocycles. The summed E-state index contributed by atoms with van der Waals surface area (Å²) in [6.45, 7) is 4.33. The molecule has 1 aliphatic rings. The summed E-state index contributed by atoms with van der Waals surface area (Å²) in [6, 6.07) is 1.98. The third-order valence-corrected chi connectivity index (χ3v) is 3.21. The summed E-state index contributed by atoms with van der Waals surface area (Å²) in [5, 5.41) is 3.36. The molecule has 0 bridgehead atoms. The predicted octanol–water partition coefficient (Wildman–Crippen LogP) is 2.64. The van der Waals surface area contributed by atoms with Gasteiger partial charge in [-0.15, -0.1) is 0 Å². The Morgan fingerprint density at radius 2 is 2.29 bits per heavy atom. The van der Waals surface area contributed by atoms with Gasteiger partial charge < -0.3 is 10.3 Å². The zero-order chi connectivity index (χ0) is 12.3. The normalized spacial score (nSPS) is 16.8. The molecule has 1 unspecified atom stereocenters. The summed E-state index contributed by atoms with van der Waals surface area (Å²) in [5.74, 6) is 2.07. The first-order valence-corrected chi connectivity index (χ1v) is 6.60. The molecule has 17 heavy (non-hydrogen) atoms. The lowest BCUT2D eigenvalue weighted by Crippen LogP contribution is -2.21. The highest BCUT2D eigenvalue weighted by molar-refractivity contribution is 5.35. The molecule has 0 aromatic carbocycles. The minimum atomic E-state index is -0.0456. The molecule has 1 aliphatic carbocycles. The van der Waals surface area contributed by atoms with Gasteiger partial charge in [0.05, 0.1) is 0 Å². The number of anilines is 1. The van der Waals surface area contributed by atoms with Crippen molar-refractivity contribution >= 4 is 5.82 Å². The van der Waals surface area contributed by atoms with Crippen LogP contribution in [0.15, 0.2) is 10.9 Å². The van der Waals surface area contributed by atoms with Crippen LogP contribution < -0.4 is 10.9 Å². The van der Waals surface area contributed by atoms with E-state index in [2.05, 4.69) is 29.1 Å². The number of hydrogen-bond acceptors (Lipinski definition) is 3. The Labute approximate surface area is 102 Å². The maximum Gasteiger partial charge on any atom is 0.252 e. The molecule has 0 saturated heterocycles. The van der Waals surface area contributed by atoms with Crippen molar-refractivity contribution in [3.05, 3.63) is 22.2 Å². The fourth-order valence-electron chi connectivity index (χ4n) is 2.04.